The number of rotatable bonds is 8. The van der Waals surface area contributed by atoms with E-state index in [1.807, 2.05) is 0 Å². The minimum absolute atomic E-state index is 0.0995. The Morgan fingerprint density at radius 2 is 0.808 bits per heavy atom. The van der Waals surface area contributed by atoms with Gasteiger partial charge in [-0.05, 0) is 88.0 Å². The van der Waals surface area contributed by atoms with Gasteiger partial charge in [0.05, 0.1) is 30.3 Å². The van der Waals surface area contributed by atoms with E-state index in [1.165, 1.54) is 54.6 Å². The van der Waals surface area contributed by atoms with Crippen LogP contribution in [0, 0.1) is 0 Å². The van der Waals surface area contributed by atoms with Crippen molar-refractivity contribution >= 4 is 0 Å². The summed E-state index contributed by atoms with van der Waals surface area (Å²) in [6, 6.07) is 23.3. The summed E-state index contributed by atoms with van der Waals surface area (Å²) in [4.78, 5) is 0. The molecule has 0 radical (unpaired) electrons. The lowest BCUT2D eigenvalue weighted by Crippen LogP contribution is -2.55. The van der Waals surface area contributed by atoms with Gasteiger partial charge in [0.25, 0.3) is 0 Å². The lowest BCUT2D eigenvalue weighted by Gasteiger charge is -2.41. The van der Waals surface area contributed by atoms with Crippen molar-refractivity contribution in [3.63, 3.8) is 0 Å². The average molecular weight is 1000 g/mol. The number of aromatic hydroxyl groups is 8. The van der Waals surface area contributed by atoms with E-state index < -0.39 is 133 Å². The Kier molecular flexibility index (Phi) is 11.9. The van der Waals surface area contributed by atoms with Crippen molar-refractivity contribution in [1.29, 1.82) is 0 Å². The molecule has 73 heavy (non-hydrogen) atoms. The zero-order valence-electron chi connectivity index (χ0n) is 38.3. The van der Waals surface area contributed by atoms with E-state index in [1.54, 1.807) is 36.4 Å². The highest BCUT2D eigenvalue weighted by Crippen LogP contribution is 2.74. The summed E-state index contributed by atoms with van der Waals surface area (Å²) in [5, 5.41) is 180. The number of hydrogen-bond acceptors (Lipinski definition) is 19. The van der Waals surface area contributed by atoms with Gasteiger partial charge in [0.2, 0.25) is 0 Å². The number of fused-ring (bicyclic) bond motifs is 7. The zero-order chi connectivity index (χ0) is 51.6. The van der Waals surface area contributed by atoms with Gasteiger partial charge in [-0.25, -0.2) is 0 Å². The first-order valence-corrected chi connectivity index (χ1v) is 23.6. The van der Waals surface area contributed by atoms with Crippen molar-refractivity contribution in [3.05, 3.63) is 158 Å². The maximum atomic E-state index is 13.3. The van der Waals surface area contributed by atoms with Crippen LogP contribution >= 0.6 is 0 Å². The van der Waals surface area contributed by atoms with E-state index in [0.29, 0.717) is 22.3 Å². The summed E-state index contributed by atoms with van der Waals surface area (Å²) in [5.41, 5.74) is 2.20. The first kappa shape index (κ1) is 48.4. The summed E-state index contributed by atoms with van der Waals surface area (Å²) in [7, 11) is 0. The van der Waals surface area contributed by atoms with Crippen LogP contribution in [0.1, 0.15) is 109 Å². The van der Waals surface area contributed by atoms with Crippen molar-refractivity contribution in [2.45, 2.75) is 96.7 Å². The van der Waals surface area contributed by atoms with Crippen LogP contribution in [-0.4, -0.2) is 144 Å². The average Bonchev–Trinajstić information content (AvgIpc) is 4.03. The molecule has 6 aromatic carbocycles. The number of benzene rings is 6. The molecule has 5 aliphatic rings. The minimum atomic E-state index is -1.97. The lowest BCUT2D eigenvalue weighted by atomic mass is 9.74. The van der Waals surface area contributed by atoms with Crippen molar-refractivity contribution in [2.24, 2.45) is 0 Å². The number of hydrogen-bond donors (Lipinski definition) is 16. The Morgan fingerprint density at radius 3 is 1.30 bits per heavy atom. The van der Waals surface area contributed by atoms with Gasteiger partial charge < -0.3 is 95.9 Å². The number of phenols is 8. The Morgan fingerprint density at radius 1 is 0.356 bits per heavy atom. The Balaban J connectivity index is 1.26. The first-order valence-electron chi connectivity index (χ1n) is 23.6. The fraction of sp³-hybridized carbons (Fsp3) is 0.333. The molecule has 11 rings (SSSR count). The van der Waals surface area contributed by atoms with E-state index in [2.05, 4.69) is 0 Å². The van der Waals surface area contributed by atoms with Gasteiger partial charge >= 0.3 is 0 Å². The van der Waals surface area contributed by atoms with Crippen molar-refractivity contribution in [2.75, 3.05) is 13.2 Å². The third-order valence-electron chi connectivity index (χ3n) is 15.6. The molecule has 0 unspecified atom stereocenters. The van der Waals surface area contributed by atoms with Crippen LogP contribution in [0.15, 0.2) is 97.1 Å². The second kappa shape index (κ2) is 18.0. The van der Waals surface area contributed by atoms with Crippen LogP contribution < -0.4 is 4.74 Å². The van der Waals surface area contributed by atoms with Gasteiger partial charge in [0.15, 0.2) is 0 Å². The highest BCUT2D eigenvalue weighted by Gasteiger charge is 2.60. The molecule has 0 bridgehead atoms. The van der Waals surface area contributed by atoms with Gasteiger partial charge in [0.1, 0.15) is 119 Å². The highest BCUT2D eigenvalue weighted by molar-refractivity contribution is 5.76. The fourth-order valence-electron chi connectivity index (χ4n) is 12.4. The summed E-state index contributed by atoms with van der Waals surface area (Å²) in [6.07, 6.45) is -18.9. The molecule has 19 nitrogen and oxygen atoms in total. The molecular formula is C54H52O19. The van der Waals surface area contributed by atoms with Crippen molar-refractivity contribution in [3.8, 4) is 51.7 Å². The van der Waals surface area contributed by atoms with E-state index in [-0.39, 0.29) is 67.9 Å². The predicted octanol–water partition coefficient (Wildman–Crippen LogP) is 2.79. The fourth-order valence-corrected chi connectivity index (χ4v) is 12.4. The van der Waals surface area contributed by atoms with Gasteiger partial charge in [-0.1, -0.05) is 36.4 Å². The molecule has 2 fully saturated rings. The molecule has 382 valence electrons. The second-order valence-electron chi connectivity index (χ2n) is 19.6. The smallest absolute Gasteiger partial charge is 0.135 e. The molecule has 3 aliphatic heterocycles. The molecule has 6 aromatic rings. The minimum Gasteiger partial charge on any atom is -0.508 e. The van der Waals surface area contributed by atoms with Crippen LogP contribution in [0.4, 0.5) is 0 Å². The highest BCUT2D eigenvalue weighted by atomic mass is 16.6. The Hall–Kier alpha value is -6.88. The molecular weight excluding hydrogens is 953 g/mol. The van der Waals surface area contributed by atoms with E-state index >= 15 is 0 Å². The second-order valence-corrected chi connectivity index (χ2v) is 19.6. The van der Waals surface area contributed by atoms with Crippen LogP contribution in [0.3, 0.4) is 0 Å². The largest absolute Gasteiger partial charge is 0.508 e. The van der Waals surface area contributed by atoms with Gasteiger partial charge in [-0.3, -0.25) is 0 Å². The molecule has 16 N–H and O–H groups in total. The van der Waals surface area contributed by atoms with Crippen molar-refractivity contribution in [1.82, 2.24) is 0 Å². The summed E-state index contributed by atoms with van der Waals surface area (Å²) in [6.45, 7) is -1.65. The van der Waals surface area contributed by atoms with Gasteiger partial charge in [-0.15, -0.1) is 0 Å². The molecule has 0 spiro atoms. The molecule has 0 saturated carbocycles. The third kappa shape index (κ3) is 7.41. The van der Waals surface area contributed by atoms with Crippen molar-refractivity contribution < 1.29 is 95.9 Å². The maximum Gasteiger partial charge on any atom is 0.135 e. The molecule has 19 heteroatoms. The van der Waals surface area contributed by atoms with E-state index in [0.717, 1.165) is 6.07 Å². The van der Waals surface area contributed by atoms with Crippen LogP contribution in [0.25, 0.3) is 0 Å². The number of aliphatic hydroxyl groups excluding tert-OH is 8. The molecule has 3 heterocycles. The normalized spacial score (nSPS) is 32.1. The standard InChI is InChI=1S/C54H52O19/c55-17-30-43(63)47(67)49(69)53(71-30)37-29(62)16-28-35-32(19-1-7-23(57)8-2-19)40-39(38(35)33(36(28)45(37)65)20-3-9-24(58)10-4-20)41-34(22-13-26(60)15-27(61)14-22)51(21-5-11-25(59)12-6-21)73-52(41)42(46(40)66)54-50(70)48(68)44(64)31(18-56)72-54/h1-16,30-35,38,43-44,47-51,53-70H,17-18H2/t30-,31-,32-,33+,34+,35+,38+,43-,44-,47+,48+,49-,50-,51-,53+,54+/m1/s1. The van der Waals surface area contributed by atoms with Crippen LogP contribution in [-0.2, 0) is 9.47 Å². The molecule has 16 atom stereocenters. The number of ether oxygens (including phenoxy) is 3. The van der Waals surface area contributed by atoms with Crippen LogP contribution in [0.2, 0.25) is 0 Å². The number of aliphatic hydroxyl groups is 8. The van der Waals surface area contributed by atoms with Gasteiger partial charge in [0, 0.05) is 46.4 Å². The molecule has 2 aliphatic carbocycles. The Bertz CT molecular complexity index is 3070. The molecule has 0 aromatic heterocycles. The quantitative estimate of drug-likeness (QED) is 0.104. The first-order chi connectivity index (χ1) is 34.9. The topological polar surface area (TPSA) is 351 Å². The summed E-state index contributed by atoms with van der Waals surface area (Å²) >= 11 is 0. The Labute approximate surface area is 414 Å². The zero-order valence-corrected chi connectivity index (χ0v) is 38.3. The third-order valence-corrected chi connectivity index (χ3v) is 15.6. The van der Waals surface area contributed by atoms with E-state index in [4.69, 9.17) is 14.2 Å². The van der Waals surface area contributed by atoms with Gasteiger partial charge in [-0.2, -0.15) is 0 Å². The van der Waals surface area contributed by atoms with E-state index in [9.17, 15) is 81.7 Å². The summed E-state index contributed by atoms with van der Waals surface area (Å²) < 4.78 is 19.1. The lowest BCUT2D eigenvalue weighted by molar-refractivity contribution is -0.232. The molecule has 0 amide bonds. The maximum absolute atomic E-state index is 13.3. The summed E-state index contributed by atoms with van der Waals surface area (Å²) in [5.74, 6) is -8.04. The monoisotopic (exact) mass is 1000 g/mol. The van der Waals surface area contributed by atoms with Crippen LogP contribution in [0.5, 0.6) is 51.7 Å². The number of phenolic OH excluding ortho intramolecular Hbond substituents is 8. The SMILES string of the molecule is OC[C@H]1O[C@@H](c2c(O)cc3c(c2O)[C@H](c2ccc(O)cc2)[C@@H]2c4c(c(O)c([C@@H]5O[C@H](CO)[C@@H](O)[C@H](O)[C@H]5O)c5c4[C@H](c4cc(O)cc(O)c4)[C@@H](c4ccc(O)cc4)O5)[C@H](c4ccc(O)cc4)[C@H]32)[C@H](O)[C@@H](O)[C@@H]1O. The predicted molar refractivity (Wildman–Crippen MR) is 252 cm³/mol. The molecule has 2 saturated heterocycles.